The second-order valence-corrected chi connectivity index (χ2v) is 6.08. The van der Waals surface area contributed by atoms with E-state index in [1.54, 1.807) is 30.3 Å². The van der Waals surface area contributed by atoms with Crippen molar-refractivity contribution in [3.05, 3.63) is 64.6 Å². The monoisotopic (exact) mass is 336 g/mol. The highest BCUT2D eigenvalue weighted by atomic mass is 16.5. The van der Waals surface area contributed by atoms with Gasteiger partial charge in [-0.1, -0.05) is 18.2 Å². The first-order valence-corrected chi connectivity index (χ1v) is 8.12. The molecular formula is C19H16N2O4. The van der Waals surface area contributed by atoms with Crippen LogP contribution in [0.2, 0.25) is 0 Å². The van der Waals surface area contributed by atoms with Crippen molar-refractivity contribution in [3.63, 3.8) is 0 Å². The highest BCUT2D eigenvalue weighted by Crippen LogP contribution is 2.29. The van der Waals surface area contributed by atoms with Crippen molar-refractivity contribution >= 4 is 22.6 Å². The molecule has 6 heteroatoms. The molecule has 1 aliphatic rings. The second-order valence-electron chi connectivity index (χ2n) is 6.08. The van der Waals surface area contributed by atoms with E-state index in [9.17, 15) is 9.59 Å². The van der Waals surface area contributed by atoms with Crippen LogP contribution in [0.3, 0.4) is 0 Å². The molecule has 0 spiro atoms. The standard InChI is InChI=1S/C19H16N2O4/c22-18(14-7-8-20-17(10-14)24-11-12-5-6-12)21-15-9-13-3-1-2-4-16(13)25-19(15)23/h1-4,7-10,12H,5-6,11H2,(H,21,22). The van der Waals surface area contributed by atoms with Gasteiger partial charge in [0.1, 0.15) is 11.3 Å². The van der Waals surface area contributed by atoms with Gasteiger partial charge in [0.05, 0.1) is 6.61 Å². The number of hydrogen-bond acceptors (Lipinski definition) is 5. The molecule has 2 aromatic heterocycles. The number of para-hydroxylation sites is 1. The molecule has 0 saturated heterocycles. The van der Waals surface area contributed by atoms with Gasteiger partial charge in [-0.05, 0) is 37.0 Å². The SMILES string of the molecule is O=C(Nc1cc2ccccc2oc1=O)c1ccnc(OCC2CC2)c1. The van der Waals surface area contributed by atoms with Crippen LogP contribution in [0.5, 0.6) is 5.88 Å². The predicted molar refractivity (Wildman–Crippen MR) is 92.9 cm³/mol. The third kappa shape index (κ3) is 3.52. The molecule has 0 aliphatic heterocycles. The maximum atomic E-state index is 12.4. The lowest BCUT2D eigenvalue weighted by atomic mass is 10.2. The van der Waals surface area contributed by atoms with Gasteiger partial charge in [0.15, 0.2) is 0 Å². The Balaban J connectivity index is 1.54. The van der Waals surface area contributed by atoms with E-state index in [0.717, 1.165) is 5.39 Å². The van der Waals surface area contributed by atoms with Gasteiger partial charge in [0.25, 0.3) is 5.91 Å². The number of carbonyl (C=O) groups is 1. The number of hydrogen-bond donors (Lipinski definition) is 1. The van der Waals surface area contributed by atoms with E-state index in [0.29, 0.717) is 29.6 Å². The molecular weight excluding hydrogens is 320 g/mol. The summed E-state index contributed by atoms with van der Waals surface area (Å²) in [5.41, 5.74) is 0.353. The van der Waals surface area contributed by atoms with Crippen LogP contribution < -0.4 is 15.7 Å². The normalized spacial score (nSPS) is 13.6. The molecule has 6 nitrogen and oxygen atoms in total. The van der Waals surface area contributed by atoms with Gasteiger partial charge in [-0.25, -0.2) is 9.78 Å². The Hall–Kier alpha value is -3.15. The fourth-order valence-electron chi connectivity index (χ4n) is 2.46. The number of nitrogens with zero attached hydrogens (tertiary/aromatic N) is 1. The van der Waals surface area contributed by atoms with Crippen LogP contribution >= 0.6 is 0 Å². The third-order valence-electron chi connectivity index (χ3n) is 4.05. The minimum Gasteiger partial charge on any atom is -0.477 e. The first-order chi connectivity index (χ1) is 12.2. The number of rotatable bonds is 5. The Labute approximate surface area is 143 Å². The first-order valence-electron chi connectivity index (χ1n) is 8.12. The van der Waals surface area contributed by atoms with Crippen molar-refractivity contribution in [1.29, 1.82) is 0 Å². The van der Waals surface area contributed by atoms with Gasteiger partial charge in [-0.3, -0.25) is 4.79 Å². The van der Waals surface area contributed by atoms with Gasteiger partial charge in [0, 0.05) is 23.2 Å². The summed E-state index contributed by atoms with van der Waals surface area (Å²) in [7, 11) is 0. The molecule has 1 aliphatic carbocycles. The molecule has 25 heavy (non-hydrogen) atoms. The van der Waals surface area contributed by atoms with E-state index in [4.69, 9.17) is 9.15 Å². The molecule has 3 aromatic rings. The van der Waals surface area contributed by atoms with Gasteiger partial charge < -0.3 is 14.5 Å². The van der Waals surface area contributed by atoms with E-state index in [2.05, 4.69) is 10.3 Å². The van der Waals surface area contributed by atoms with Crippen molar-refractivity contribution < 1.29 is 13.9 Å². The largest absolute Gasteiger partial charge is 0.477 e. The van der Waals surface area contributed by atoms with Crippen molar-refractivity contribution in [2.45, 2.75) is 12.8 Å². The summed E-state index contributed by atoms with van der Waals surface area (Å²) in [4.78, 5) is 28.6. The van der Waals surface area contributed by atoms with Crippen molar-refractivity contribution in [1.82, 2.24) is 4.98 Å². The van der Waals surface area contributed by atoms with Gasteiger partial charge in [-0.15, -0.1) is 0 Å². The van der Waals surface area contributed by atoms with Crippen LogP contribution in [0.4, 0.5) is 5.69 Å². The summed E-state index contributed by atoms with van der Waals surface area (Å²) in [6.07, 6.45) is 3.87. The Bertz CT molecular complexity index is 992. The summed E-state index contributed by atoms with van der Waals surface area (Å²) < 4.78 is 10.8. The zero-order chi connectivity index (χ0) is 17.2. The van der Waals surface area contributed by atoms with E-state index in [1.165, 1.54) is 19.0 Å². The molecule has 4 rings (SSSR count). The van der Waals surface area contributed by atoms with Gasteiger partial charge >= 0.3 is 5.63 Å². The lowest BCUT2D eigenvalue weighted by Gasteiger charge is -2.07. The Morgan fingerprint density at radius 2 is 2.08 bits per heavy atom. The average molecular weight is 336 g/mol. The van der Waals surface area contributed by atoms with Crippen LogP contribution in [0, 0.1) is 5.92 Å². The van der Waals surface area contributed by atoms with Crippen LogP contribution in [-0.2, 0) is 0 Å². The summed E-state index contributed by atoms with van der Waals surface area (Å²) in [6.45, 7) is 0.617. The minimum atomic E-state index is -0.591. The fraction of sp³-hybridized carbons (Fsp3) is 0.211. The quantitative estimate of drug-likeness (QED) is 0.724. The van der Waals surface area contributed by atoms with Gasteiger partial charge in [0.2, 0.25) is 5.88 Å². The topological polar surface area (TPSA) is 81.4 Å². The van der Waals surface area contributed by atoms with E-state index < -0.39 is 11.5 Å². The van der Waals surface area contributed by atoms with E-state index in [1.807, 2.05) is 12.1 Å². The Kier molecular flexibility index (Phi) is 3.93. The number of pyridine rings is 1. The zero-order valence-electron chi connectivity index (χ0n) is 13.4. The molecule has 2 heterocycles. The molecule has 1 saturated carbocycles. The maximum absolute atomic E-state index is 12.4. The Morgan fingerprint density at radius 1 is 1.24 bits per heavy atom. The maximum Gasteiger partial charge on any atom is 0.360 e. The molecule has 126 valence electrons. The van der Waals surface area contributed by atoms with Crippen LogP contribution in [-0.4, -0.2) is 17.5 Å². The number of aromatic nitrogens is 1. The summed E-state index contributed by atoms with van der Waals surface area (Å²) >= 11 is 0. The number of amides is 1. The van der Waals surface area contributed by atoms with Crippen LogP contribution in [0.1, 0.15) is 23.2 Å². The molecule has 0 radical (unpaired) electrons. The third-order valence-corrected chi connectivity index (χ3v) is 4.05. The lowest BCUT2D eigenvalue weighted by molar-refractivity contribution is 0.102. The molecule has 0 atom stereocenters. The van der Waals surface area contributed by atoms with Crippen LogP contribution in [0.25, 0.3) is 11.0 Å². The van der Waals surface area contributed by atoms with Crippen molar-refractivity contribution in [3.8, 4) is 5.88 Å². The second kappa shape index (κ2) is 6.39. The Morgan fingerprint density at radius 3 is 2.92 bits per heavy atom. The smallest absolute Gasteiger partial charge is 0.360 e. The van der Waals surface area contributed by atoms with Crippen molar-refractivity contribution in [2.75, 3.05) is 11.9 Å². The zero-order valence-corrected chi connectivity index (χ0v) is 13.4. The summed E-state index contributed by atoms with van der Waals surface area (Å²) in [6, 6.07) is 11.9. The number of carbonyl (C=O) groups excluding carboxylic acids is 1. The highest BCUT2D eigenvalue weighted by Gasteiger charge is 2.22. The molecule has 0 bridgehead atoms. The molecule has 1 amide bonds. The van der Waals surface area contributed by atoms with Crippen molar-refractivity contribution in [2.24, 2.45) is 5.92 Å². The van der Waals surface area contributed by atoms with E-state index >= 15 is 0 Å². The molecule has 1 fully saturated rings. The molecule has 1 aromatic carbocycles. The lowest BCUT2D eigenvalue weighted by Crippen LogP contribution is -2.18. The van der Waals surface area contributed by atoms with Gasteiger partial charge in [-0.2, -0.15) is 0 Å². The number of nitrogens with one attached hydrogen (secondary N) is 1. The average Bonchev–Trinajstić information content (AvgIpc) is 3.45. The minimum absolute atomic E-state index is 0.0981. The number of anilines is 1. The number of fused-ring (bicyclic) bond motifs is 1. The molecule has 0 unspecified atom stereocenters. The summed E-state index contributed by atoms with van der Waals surface area (Å²) in [5.74, 6) is 0.591. The summed E-state index contributed by atoms with van der Waals surface area (Å²) in [5, 5.41) is 3.33. The predicted octanol–water partition coefficient (Wildman–Crippen LogP) is 3.23. The first kappa shape index (κ1) is 15.4. The van der Waals surface area contributed by atoms with E-state index in [-0.39, 0.29) is 5.69 Å². The number of benzene rings is 1. The highest BCUT2D eigenvalue weighted by molar-refractivity contribution is 6.04. The fourth-order valence-corrected chi connectivity index (χ4v) is 2.46. The molecule has 1 N–H and O–H groups in total. The van der Waals surface area contributed by atoms with Crippen LogP contribution in [0.15, 0.2) is 57.9 Å². The number of ether oxygens (including phenoxy) is 1.